The third-order valence-electron chi connectivity index (χ3n) is 4.06. The maximum absolute atomic E-state index is 6.11. The van der Waals surface area contributed by atoms with Gasteiger partial charge in [0.1, 0.15) is 0 Å². The lowest BCUT2D eigenvalue weighted by Gasteiger charge is -2.28. The second-order valence-electron chi connectivity index (χ2n) is 5.73. The van der Waals surface area contributed by atoms with Gasteiger partial charge < -0.3 is 9.80 Å². The molecule has 0 spiro atoms. The molecule has 20 heavy (non-hydrogen) atoms. The summed E-state index contributed by atoms with van der Waals surface area (Å²) in [4.78, 5) is 17.7. The topological polar surface area (TPSA) is 45.2 Å². The highest BCUT2D eigenvalue weighted by Gasteiger charge is 2.26. The summed E-state index contributed by atoms with van der Waals surface area (Å²) in [6, 6.07) is 0. The second kappa shape index (κ2) is 6.12. The van der Waals surface area contributed by atoms with Crippen molar-refractivity contribution in [2.45, 2.75) is 39.0 Å². The summed E-state index contributed by atoms with van der Waals surface area (Å²) in [5, 5.41) is 0.310. The van der Waals surface area contributed by atoms with Crippen LogP contribution in [0.25, 0.3) is 0 Å². The molecule has 1 aliphatic heterocycles. The molecule has 0 aromatic carbocycles. The third-order valence-corrected chi connectivity index (χ3v) is 4.23. The van der Waals surface area contributed by atoms with Crippen LogP contribution < -0.4 is 9.80 Å². The summed E-state index contributed by atoms with van der Waals surface area (Å²) in [5.41, 5.74) is 0. The summed E-state index contributed by atoms with van der Waals surface area (Å²) in [7, 11) is 0. The van der Waals surface area contributed by atoms with Gasteiger partial charge in [-0.1, -0.05) is 0 Å². The maximum Gasteiger partial charge on any atom is 0.231 e. The first-order valence-corrected chi connectivity index (χ1v) is 8.05. The zero-order valence-electron chi connectivity index (χ0n) is 12.1. The van der Waals surface area contributed by atoms with E-state index >= 15 is 0 Å². The smallest absolute Gasteiger partial charge is 0.231 e. The molecule has 0 radical (unpaired) electrons. The Bertz CT molecular complexity index is 457. The number of hydrogen-bond acceptors (Lipinski definition) is 5. The predicted molar refractivity (Wildman–Crippen MR) is 81.5 cm³/mol. The first-order chi connectivity index (χ1) is 9.76. The lowest BCUT2D eigenvalue weighted by molar-refractivity contribution is 0.566. The van der Waals surface area contributed by atoms with Gasteiger partial charge in [0.25, 0.3) is 0 Å². The van der Waals surface area contributed by atoms with Gasteiger partial charge in [-0.15, -0.1) is 0 Å². The Hall–Kier alpha value is -1.10. The lowest BCUT2D eigenvalue weighted by atomic mass is 10.1. The molecule has 1 aliphatic carbocycles. The molecule has 5 nitrogen and oxygen atoms in total. The van der Waals surface area contributed by atoms with E-state index in [0.29, 0.717) is 5.28 Å². The SMILES string of the molecule is CCN(CC1CC1)c1nc(Cl)nc(N2CCCCC2)n1. The van der Waals surface area contributed by atoms with Gasteiger partial charge in [-0.3, -0.25) is 0 Å². The number of hydrogen-bond donors (Lipinski definition) is 0. The molecule has 0 atom stereocenters. The number of piperidine rings is 1. The molecule has 2 fully saturated rings. The fourth-order valence-electron chi connectivity index (χ4n) is 2.67. The van der Waals surface area contributed by atoms with Crippen molar-refractivity contribution in [2.75, 3.05) is 36.0 Å². The number of rotatable bonds is 5. The van der Waals surface area contributed by atoms with Crippen molar-refractivity contribution in [3.8, 4) is 0 Å². The second-order valence-corrected chi connectivity index (χ2v) is 6.07. The highest BCUT2D eigenvalue weighted by Crippen LogP contribution is 2.31. The van der Waals surface area contributed by atoms with Crippen molar-refractivity contribution < 1.29 is 0 Å². The van der Waals surface area contributed by atoms with Crippen LogP contribution in [-0.4, -0.2) is 41.1 Å². The molecule has 1 saturated heterocycles. The zero-order chi connectivity index (χ0) is 13.9. The van der Waals surface area contributed by atoms with Crippen molar-refractivity contribution in [1.29, 1.82) is 0 Å². The minimum atomic E-state index is 0.310. The molecule has 2 aliphatic rings. The van der Waals surface area contributed by atoms with Gasteiger partial charge >= 0.3 is 0 Å². The summed E-state index contributed by atoms with van der Waals surface area (Å²) >= 11 is 6.11. The Kier molecular flexibility index (Phi) is 4.24. The first kappa shape index (κ1) is 13.9. The highest BCUT2D eigenvalue weighted by atomic mass is 35.5. The first-order valence-electron chi connectivity index (χ1n) is 7.67. The van der Waals surface area contributed by atoms with Crippen LogP contribution in [-0.2, 0) is 0 Å². The number of anilines is 2. The van der Waals surface area contributed by atoms with Crippen LogP contribution in [0.15, 0.2) is 0 Å². The van der Waals surface area contributed by atoms with E-state index in [1.54, 1.807) is 0 Å². The van der Waals surface area contributed by atoms with Gasteiger partial charge in [0.15, 0.2) is 0 Å². The van der Waals surface area contributed by atoms with Crippen LogP contribution in [0.2, 0.25) is 5.28 Å². The molecule has 3 rings (SSSR count). The summed E-state index contributed by atoms with van der Waals surface area (Å²) < 4.78 is 0. The molecule has 0 amide bonds. The normalized spacial score (nSPS) is 19.2. The molecule has 2 heterocycles. The Morgan fingerprint density at radius 1 is 1.15 bits per heavy atom. The van der Waals surface area contributed by atoms with Gasteiger partial charge in [0.2, 0.25) is 17.2 Å². The minimum absolute atomic E-state index is 0.310. The van der Waals surface area contributed by atoms with E-state index in [9.17, 15) is 0 Å². The standard InChI is InChI=1S/C14H22ClN5/c1-2-19(10-11-6-7-11)13-16-12(15)17-14(18-13)20-8-4-3-5-9-20/h11H,2-10H2,1H3. The fraction of sp³-hybridized carbons (Fsp3) is 0.786. The van der Waals surface area contributed by atoms with Crippen molar-refractivity contribution in [3.05, 3.63) is 5.28 Å². The maximum atomic E-state index is 6.11. The third kappa shape index (κ3) is 3.32. The average molecular weight is 296 g/mol. The number of aromatic nitrogens is 3. The van der Waals surface area contributed by atoms with E-state index in [0.717, 1.165) is 44.0 Å². The monoisotopic (exact) mass is 295 g/mol. The van der Waals surface area contributed by atoms with E-state index in [-0.39, 0.29) is 0 Å². The van der Waals surface area contributed by atoms with Crippen LogP contribution in [0, 0.1) is 5.92 Å². The van der Waals surface area contributed by atoms with E-state index in [4.69, 9.17) is 11.6 Å². The van der Waals surface area contributed by atoms with Crippen molar-refractivity contribution in [1.82, 2.24) is 15.0 Å². The van der Waals surface area contributed by atoms with Crippen molar-refractivity contribution in [2.24, 2.45) is 5.92 Å². The Balaban J connectivity index is 1.80. The van der Waals surface area contributed by atoms with Gasteiger partial charge in [-0.05, 0) is 56.5 Å². The van der Waals surface area contributed by atoms with Crippen molar-refractivity contribution in [3.63, 3.8) is 0 Å². The Morgan fingerprint density at radius 3 is 2.55 bits per heavy atom. The molecule has 0 bridgehead atoms. The summed E-state index contributed by atoms with van der Waals surface area (Å²) in [5.74, 6) is 2.29. The molecule has 110 valence electrons. The van der Waals surface area contributed by atoms with Gasteiger partial charge in [-0.25, -0.2) is 0 Å². The molecule has 0 N–H and O–H groups in total. The highest BCUT2D eigenvalue weighted by molar-refractivity contribution is 6.28. The Labute approximate surface area is 125 Å². The number of nitrogens with zero attached hydrogens (tertiary/aromatic N) is 5. The molecule has 6 heteroatoms. The molecular weight excluding hydrogens is 274 g/mol. The van der Waals surface area contributed by atoms with E-state index < -0.39 is 0 Å². The predicted octanol–water partition coefficient (Wildman–Crippen LogP) is 2.75. The average Bonchev–Trinajstić information content (AvgIpc) is 3.29. The molecule has 0 unspecified atom stereocenters. The summed E-state index contributed by atoms with van der Waals surface area (Å²) in [6.45, 7) is 6.14. The number of halogens is 1. The van der Waals surface area contributed by atoms with Gasteiger partial charge in [-0.2, -0.15) is 15.0 Å². The minimum Gasteiger partial charge on any atom is -0.341 e. The fourth-order valence-corrected chi connectivity index (χ4v) is 2.82. The van der Waals surface area contributed by atoms with Crippen LogP contribution in [0.5, 0.6) is 0 Å². The van der Waals surface area contributed by atoms with Gasteiger partial charge in [0.05, 0.1) is 0 Å². The van der Waals surface area contributed by atoms with E-state index in [1.807, 2.05) is 0 Å². The molecule has 1 saturated carbocycles. The largest absolute Gasteiger partial charge is 0.341 e. The molecule has 1 aromatic rings. The van der Waals surface area contributed by atoms with Crippen molar-refractivity contribution >= 4 is 23.5 Å². The molecular formula is C14H22ClN5. The van der Waals surface area contributed by atoms with Crippen LogP contribution in [0.1, 0.15) is 39.0 Å². The zero-order valence-corrected chi connectivity index (χ0v) is 12.8. The lowest BCUT2D eigenvalue weighted by Crippen LogP contribution is -2.33. The quantitative estimate of drug-likeness (QED) is 0.836. The van der Waals surface area contributed by atoms with Crippen LogP contribution >= 0.6 is 11.6 Å². The molecule has 1 aromatic heterocycles. The van der Waals surface area contributed by atoms with E-state index in [2.05, 4.69) is 31.7 Å². The summed E-state index contributed by atoms with van der Waals surface area (Å²) in [6.07, 6.45) is 6.37. The van der Waals surface area contributed by atoms with Crippen LogP contribution in [0.4, 0.5) is 11.9 Å². The van der Waals surface area contributed by atoms with Gasteiger partial charge in [0, 0.05) is 26.2 Å². The van der Waals surface area contributed by atoms with E-state index in [1.165, 1.54) is 32.1 Å². The Morgan fingerprint density at radius 2 is 1.90 bits per heavy atom. The van der Waals surface area contributed by atoms with Crippen LogP contribution in [0.3, 0.4) is 0 Å².